The fourth-order valence-corrected chi connectivity index (χ4v) is 6.01. The van der Waals surface area contributed by atoms with E-state index in [1.807, 2.05) is 22.2 Å². The molecule has 4 aromatic rings. The first-order chi connectivity index (χ1) is 13.3. The molecule has 4 nitrogen and oxygen atoms in total. The van der Waals surface area contributed by atoms with Crippen LogP contribution in [0.4, 0.5) is 0 Å². The van der Waals surface area contributed by atoms with Crippen LogP contribution >= 0.6 is 11.3 Å². The molecule has 0 bridgehead atoms. The summed E-state index contributed by atoms with van der Waals surface area (Å²) in [5.74, 6) is 2.82. The van der Waals surface area contributed by atoms with Crippen molar-refractivity contribution in [3.63, 3.8) is 0 Å². The average Bonchev–Trinajstić information content (AvgIpc) is 3.25. The molecule has 5 heteroatoms. The van der Waals surface area contributed by atoms with Gasteiger partial charge in [0.15, 0.2) is 11.5 Å². The van der Waals surface area contributed by atoms with E-state index in [-0.39, 0.29) is 0 Å². The van der Waals surface area contributed by atoms with Crippen molar-refractivity contribution in [3.05, 3.63) is 58.5 Å². The molecule has 3 atom stereocenters. The van der Waals surface area contributed by atoms with Crippen molar-refractivity contribution in [1.82, 2.24) is 19.6 Å². The lowest BCUT2D eigenvalue weighted by atomic mass is 9.86. The normalized spacial score (nSPS) is 24.4. The Balaban J connectivity index is 1.42. The summed E-state index contributed by atoms with van der Waals surface area (Å²) in [4.78, 5) is 12.4. The Bertz CT molecular complexity index is 1140. The summed E-state index contributed by atoms with van der Waals surface area (Å²) in [6.45, 7) is 2.31. The predicted molar refractivity (Wildman–Crippen MR) is 109 cm³/mol. The number of benzene rings is 1. The number of hydrogen-bond acceptors (Lipinski definition) is 4. The summed E-state index contributed by atoms with van der Waals surface area (Å²) in [5, 5.41) is 6.07. The van der Waals surface area contributed by atoms with E-state index in [2.05, 4.69) is 37.3 Å². The number of nitrogens with zero attached hydrogens (tertiary/aromatic N) is 4. The van der Waals surface area contributed by atoms with Crippen LogP contribution in [-0.2, 0) is 12.8 Å². The maximum atomic E-state index is 5.02. The van der Waals surface area contributed by atoms with Gasteiger partial charge in [0.05, 0.1) is 5.39 Å². The Morgan fingerprint density at radius 1 is 1.19 bits per heavy atom. The molecule has 0 aliphatic heterocycles. The van der Waals surface area contributed by atoms with Crippen LogP contribution in [0.5, 0.6) is 0 Å². The van der Waals surface area contributed by atoms with E-state index in [1.54, 1.807) is 0 Å². The summed E-state index contributed by atoms with van der Waals surface area (Å²) in [5.41, 5.74) is 3.91. The van der Waals surface area contributed by atoms with E-state index in [4.69, 9.17) is 15.1 Å². The lowest BCUT2D eigenvalue weighted by molar-refractivity contribution is 0.451. The van der Waals surface area contributed by atoms with Crippen LogP contribution in [0.3, 0.4) is 0 Å². The maximum Gasteiger partial charge on any atom is 0.167 e. The van der Waals surface area contributed by atoms with Crippen molar-refractivity contribution in [1.29, 1.82) is 0 Å². The molecule has 0 N–H and O–H groups in total. The van der Waals surface area contributed by atoms with E-state index in [1.165, 1.54) is 40.7 Å². The summed E-state index contributed by atoms with van der Waals surface area (Å²) < 4.78 is 1.91. The molecule has 6 rings (SSSR count). The highest BCUT2D eigenvalue weighted by Gasteiger charge is 2.42. The van der Waals surface area contributed by atoms with Gasteiger partial charge in [-0.25, -0.2) is 14.5 Å². The molecule has 3 aromatic heterocycles. The third kappa shape index (κ3) is 2.44. The monoisotopic (exact) mass is 374 g/mol. The van der Waals surface area contributed by atoms with E-state index < -0.39 is 0 Å². The third-order valence-corrected chi connectivity index (χ3v) is 7.59. The first-order valence-corrected chi connectivity index (χ1v) is 10.8. The number of rotatable bonds is 3. The van der Waals surface area contributed by atoms with Gasteiger partial charge >= 0.3 is 0 Å². The second kappa shape index (κ2) is 5.86. The molecular formula is C22H22N4S. The lowest BCUT2D eigenvalue weighted by Gasteiger charge is -2.20. The molecule has 0 spiro atoms. The van der Waals surface area contributed by atoms with E-state index in [0.29, 0.717) is 11.8 Å². The molecule has 2 aliphatic rings. The van der Waals surface area contributed by atoms with Crippen molar-refractivity contribution >= 4 is 27.2 Å². The fraction of sp³-hybridized carbons (Fsp3) is 0.409. The number of aryl methyl sites for hydroxylation is 1. The van der Waals surface area contributed by atoms with E-state index in [0.717, 1.165) is 35.1 Å². The Morgan fingerprint density at radius 3 is 2.93 bits per heavy atom. The minimum absolute atomic E-state index is 0.446. The highest BCUT2D eigenvalue weighted by molar-refractivity contribution is 7.19. The van der Waals surface area contributed by atoms with Crippen LogP contribution < -0.4 is 0 Å². The van der Waals surface area contributed by atoms with Crippen LogP contribution in [0.1, 0.15) is 59.9 Å². The van der Waals surface area contributed by atoms with Gasteiger partial charge in [-0.3, -0.25) is 0 Å². The van der Waals surface area contributed by atoms with Crippen LogP contribution in [0.25, 0.3) is 15.9 Å². The SMILES string of the molecule is CC[C@@H]1CCc2c(sc3ncn4nc([C@H]5C[C@@H]5c5ccccc5)nc4c23)C1. The molecule has 0 amide bonds. The van der Waals surface area contributed by atoms with Gasteiger partial charge in [-0.05, 0) is 48.6 Å². The molecule has 27 heavy (non-hydrogen) atoms. The molecular weight excluding hydrogens is 352 g/mol. The summed E-state index contributed by atoms with van der Waals surface area (Å²) in [6.07, 6.45) is 7.93. The van der Waals surface area contributed by atoms with Crippen LogP contribution in [-0.4, -0.2) is 19.6 Å². The van der Waals surface area contributed by atoms with Gasteiger partial charge in [-0.2, -0.15) is 0 Å². The van der Waals surface area contributed by atoms with Crippen molar-refractivity contribution in [2.75, 3.05) is 0 Å². The van der Waals surface area contributed by atoms with Gasteiger partial charge in [0.25, 0.3) is 0 Å². The topological polar surface area (TPSA) is 43.1 Å². The number of hydrogen-bond donors (Lipinski definition) is 0. The second-order valence-corrected chi connectivity index (χ2v) is 9.13. The molecule has 0 saturated heterocycles. The third-order valence-electron chi connectivity index (χ3n) is 6.43. The zero-order valence-corrected chi connectivity index (χ0v) is 16.2. The van der Waals surface area contributed by atoms with Crippen LogP contribution in [0.15, 0.2) is 36.7 Å². The molecule has 1 aromatic carbocycles. The van der Waals surface area contributed by atoms with Gasteiger partial charge in [0, 0.05) is 10.8 Å². The van der Waals surface area contributed by atoms with Crippen molar-refractivity contribution in [3.8, 4) is 0 Å². The summed E-state index contributed by atoms with van der Waals surface area (Å²) in [6, 6.07) is 10.8. The Morgan fingerprint density at radius 2 is 2.07 bits per heavy atom. The van der Waals surface area contributed by atoms with Crippen molar-refractivity contribution < 1.29 is 0 Å². The van der Waals surface area contributed by atoms with Crippen molar-refractivity contribution in [2.24, 2.45) is 5.92 Å². The first-order valence-electron chi connectivity index (χ1n) is 10.0. The first kappa shape index (κ1) is 15.8. The fourth-order valence-electron chi connectivity index (χ4n) is 4.71. The van der Waals surface area contributed by atoms with Gasteiger partial charge in [0.2, 0.25) is 0 Å². The number of fused-ring (bicyclic) bond motifs is 5. The predicted octanol–water partition coefficient (Wildman–Crippen LogP) is 5.13. The largest absolute Gasteiger partial charge is 0.225 e. The summed E-state index contributed by atoms with van der Waals surface area (Å²) in [7, 11) is 0. The number of thiophene rings is 1. The lowest BCUT2D eigenvalue weighted by Crippen LogP contribution is -2.11. The molecule has 1 fully saturated rings. The summed E-state index contributed by atoms with van der Waals surface area (Å²) >= 11 is 1.87. The highest BCUT2D eigenvalue weighted by Crippen LogP contribution is 2.53. The van der Waals surface area contributed by atoms with E-state index >= 15 is 0 Å². The van der Waals surface area contributed by atoms with Crippen LogP contribution in [0.2, 0.25) is 0 Å². The van der Waals surface area contributed by atoms with Gasteiger partial charge in [-0.15, -0.1) is 16.4 Å². The zero-order chi connectivity index (χ0) is 18.0. The van der Waals surface area contributed by atoms with Gasteiger partial charge in [0.1, 0.15) is 11.2 Å². The molecule has 0 unspecified atom stereocenters. The highest BCUT2D eigenvalue weighted by atomic mass is 32.1. The minimum Gasteiger partial charge on any atom is -0.225 e. The number of aromatic nitrogens is 4. The average molecular weight is 375 g/mol. The standard InChI is InChI=1S/C22H22N4S/c1-2-13-8-9-15-18(10-13)27-22-19(15)21-24-20(25-26(21)12-23-22)17-11-16(17)14-6-4-3-5-7-14/h3-7,12-13,16-17H,2,8-11H2,1H3/t13-,16-,17+/m1/s1. The zero-order valence-electron chi connectivity index (χ0n) is 15.4. The van der Waals surface area contributed by atoms with Gasteiger partial charge < -0.3 is 0 Å². The van der Waals surface area contributed by atoms with Crippen LogP contribution in [0, 0.1) is 5.92 Å². The maximum absolute atomic E-state index is 5.02. The molecule has 2 aliphatic carbocycles. The van der Waals surface area contributed by atoms with Gasteiger partial charge in [-0.1, -0.05) is 43.7 Å². The molecule has 0 radical (unpaired) electrons. The van der Waals surface area contributed by atoms with Crippen molar-refractivity contribution in [2.45, 2.75) is 50.9 Å². The van der Waals surface area contributed by atoms with E-state index in [9.17, 15) is 0 Å². The Kier molecular flexibility index (Phi) is 3.42. The smallest absolute Gasteiger partial charge is 0.167 e. The quantitative estimate of drug-likeness (QED) is 0.499. The molecule has 1 saturated carbocycles. The molecule has 136 valence electrons. The molecule has 3 heterocycles. The Labute approximate surface area is 162 Å². The Hall–Kier alpha value is -2.27. The minimum atomic E-state index is 0.446. The second-order valence-electron chi connectivity index (χ2n) is 8.04.